The van der Waals surface area contributed by atoms with E-state index >= 15 is 0 Å². The highest BCUT2D eigenvalue weighted by atomic mass is 16.5. The van der Waals surface area contributed by atoms with Gasteiger partial charge in [-0.1, -0.05) is 54.6 Å². The van der Waals surface area contributed by atoms with Crippen molar-refractivity contribution in [2.45, 2.75) is 13.1 Å². The van der Waals surface area contributed by atoms with Crippen LogP contribution in [0.1, 0.15) is 26.5 Å². The molecule has 1 aromatic heterocycles. The van der Waals surface area contributed by atoms with E-state index in [1.165, 1.54) is 7.11 Å². The van der Waals surface area contributed by atoms with E-state index in [0.717, 1.165) is 11.0 Å². The molecule has 0 unspecified atom stereocenters. The van der Waals surface area contributed by atoms with E-state index in [2.05, 4.69) is 10.3 Å². The highest BCUT2D eigenvalue weighted by molar-refractivity contribution is 5.97. The zero-order valence-corrected chi connectivity index (χ0v) is 16.5. The minimum atomic E-state index is -0.263. The zero-order valence-electron chi connectivity index (χ0n) is 16.5. The highest BCUT2D eigenvalue weighted by Gasteiger charge is 2.17. The lowest BCUT2D eigenvalue weighted by molar-refractivity contribution is 0.0946. The Bertz CT molecular complexity index is 1200. The van der Waals surface area contributed by atoms with E-state index in [9.17, 15) is 9.59 Å². The fourth-order valence-corrected chi connectivity index (χ4v) is 3.38. The average molecular weight is 399 g/mol. The molecule has 1 N–H and O–H groups in total. The summed E-state index contributed by atoms with van der Waals surface area (Å²) in [7, 11) is 1.53. The smallest absolute Gasteiger partial charge is 0.255 e. The van der Waals surface area contributed by atoms with E-state index in [4.69, 9.17) is 4.74 Å². The first kappa shape index (κ1) is 19.4. The second-order valence-electron chi connectivity index (χ2n) is 6.78. The number of benzene rings is 3. The molecule has 0 aliphatic rings. The summed E-state index contributed by atoms with van der Waals surface area (Å²) >= 11 is 0. The van der Waals surface area contributed by atoms with Crippen molar-refractivity contribution in [3.8, 4) is 5.75 Å². The van der Waals surface area contributed by atoms with Gasteiger partial charge in [0.1, 0.15) is 11.6 Å². The van der Waals surface area contributed by atoms with Crippen LogP contribution in [-0.2, 0) is 13.1 Å². The Labute approximate surface area is 174 Å². The number of methoxy groups -OCH3 is 1. The lowest BCUT2D eigenvalue weighted by atomic mass is 10.1. The topological polar surface area (TPSA) is 73.2 Å². The number of carbonyl (C=O) groups excluding carboxylic acids is 2. The second kappa shape index (κ2) is 8.61. The fraction of sp³-hybridized carbons (Fsp3) is 0.125. The molecule has 0 spiro atoms. The highest BCUT2D eigenvalue weighted by Crippen LogP contribution is 2.19. The Morgan fingerprint density at radius 1 is 0.933 bits per heavy atom. The average Bonchev–Trinajstić information content (AvgIpc) is 3.15. The zero-order chi connectivity index (χ0) is 20.9. The van der Waals surface area contributed by atoms with Crippen LogP contribution < -0.4 is 10.1 Å². The predicted molar refractivity (Wildman–Crippen MR) is 115 cm³/mol. The SMILES string of the molecule is COc1ccccc1C(=O)NCc1nc2ccccc2n1CC(=O)c1ccccc1. The normalized spacial score (nSPS) is 10.7. The van der Waals surface area contributed by atoms with Crippen LogP contribution in [0.25, 0.3) is 11.0 Å². The monoisotopic (exact) mass is 399 g/mol. The molecular formula is C24H21N3O3. The molecule has 0 saturated heterocycles. The lowest BCUT2D eigenvalue weighted by Crippen LogP contribution is -2.26. The van der Waals surface area contributed by atoms with Gasteiger partial charge in [-0.2, -0.15) is 0 Å². The summed E-state index contributed by atoms with van der Waals surface area (Å²) in [4.78, 5) is 30.1. The van der Waals surface area contributed by atoms with Gasteiger partial charge < -0.3 is 14.6 Å². The Balaban J connectivity index is 1.60. The van der Waals surface area contributed by atoms with Crippen LogP contribution in [0, 0.1) is 0 Å². The van der Waals surface area contributed by atoms with E-state index in [1.54, 1.807) is 30.3 Å². The van der Waals surface area contributed by atoms with Crippen molar-refractivity contribution in [2.24, 2.45) is 0 Å². The van der Waals surface area contributed by atoms with Crippen molar-refractivity contribution in [1.29, 1.82) is 0 Å². The van der Waals surface area contributed by atoms with Crippen LogP contribution >= 0.6 is 0 Å². The van der Waals surface area contributed by atoms with Gasteiger partial charge in [-0.15, -0.1) is 0 Å². The number of ketones is 1. The van der Waals surface area contributed by atoms with Crippen molar-refractivity contribution in [3.63, 3.8) is 0 Å². The molecule has 3 aromatic carbocycles. The van der Waals surface area contributed by atoms with Crippen LogP contribution in [0.4, 0.5) is 0 Å². The van der Waals surface area contributed by atoms with Crippen LogP contribution in [0.2, 0.25) is 0 Å². The Hall–Kier alpha value is -3.93. The summed E-state index contributed by atoms with van der Waals surface area (Å²) in [6.07, 6.45) is 0. The molecule has 30 heavy (non-hydrogen) atoms. The summed E-state index contributed by atoms with van der Waals surface area (Å²) < 4.78 is 7.12. The van der Waals surface area contributed by atoms with Crippen molar-refractivity contribution in [3.05, 3.63) is 95.8 Å². The maximum absolute atomic E-state index is 12.8. The number of nitrogens with one attached hydrogen (secondary N) is 1. The van der Waals surface area contributed by atoms with Gasteiger partial charge in [-0.25, -0.2) is 4.98 Å². The van der Waals surface area contributed by atoms with Crippen molar-refractivity contribution < 1.29 is 14.3 Å². The number of amides is 1. The summed E-state index contributed by atoms with van der Waals surface area (Å²) in [5.74, 6) is 0.836. The molecule has 0 bridgehead atoms. The minimum absolute atomic E-state index is 0.0175. The van der Waals surface area contributed by atoms with Crippen LogP contribution in [0.5, 0.6) is 5.75 Å². The third-order valence-electron chi connectivity index (χ3n) is 4.89. The standard InChI is InChI=1S/C24H21N3O3/c1-30-22-14-8-5-11-18(22)24(29)25-15-23-26-19-12-6-7-13-20(19)27(23)16-21(28)17-9-3-2-4-10-17/h2-14H,15-16H2,1H3,(H,25,29). The number of imidazole rings is 1. The van der Waals surface area contributed by atoms with Crippen molar-refractivity contribution >= 4 is 22.7 Å². The minimum Gasteiger partial charge on any atom is -0.496 e. The number of hydrogen-bond acceptors (Lipinski definition) is 4. The first-order valence-electron chi connectivity index (χ1n) is 9.61. The quantitative estimate of drug-likeness (QED) is 0.479. The maximum atomic E-state index is 12.8. The maximum Gasteiger partial charge on any atom is 0.255 e. The summed E-state index contributed by atoms with van der Waals surface area (Å²) in [6.45, 7) is 0.331. The number of aromatic nitrogens is 2. The number of carbonyl (C=O) groups is 2. The van der Waals surface area contributed by atoms with Gasteiger partial charge in [0.25, 0.3) is 5.91 Å². The van der Waals surface area contributed by atoms with Crippen LogP contribution in [0.3, 0.4) is 0 Å². The number of para-hydroxylation sites is 3. The first-order chi connectivity index (χ1) is 14.7. The number of ether oxygens (including phenoxy) is 1. The third kappa shape index (κ3) is 3.93. The molecule has 0 atom stereocenters. The molecule has 4 rings (SSSR count). The van der Waals surface area contributed by atoms with Gasteiger partial charge in [0.15, 0.2) is 5.78 Å². The van der Waals surface area contributed by atoms with Crippen LogP contribution in [-0.4, -0.2) is 28.4 Å². The molecule has 0 aliphatic carbocycles. The number of Topliss-reactive ketones (excluding diaryl/α,β-unsaturated/α-hetero) is 1. The van der Waals surface area contributed by atoms with E-state index in [-0.39, 0.29) is 24.8 Å². The number of fused-ring (bicyclic) bond motifs is 1. The molecule has 1 amide bonds. The third-order valence-corrected chi connectivity index (χ3v) is 4.89. The van der Waals surface area contributed by atoms with Gasteiger partial charge in [-0.3, -0.25) is 9.59 Å². The predicted octanol–water partition coefficient (Wildman–Crippen LogP) is 3.86. The molecule has 150 valence electrons. The van der Waals surface area contributed by atoms with Gasteiger partial charge in [0.05, 0.1) is 36.8 Å². The molecule has 4 aromatic rings. The molecule has 1 heterocycles. The van der Waals surface area contributed by atoms with E-state index in [0.29, 0.717) is 22.7 Å². The number of rotatable bonds is 7. The number of hydrogen-bond donors (Lipinski definition) is 1. The largest absolute Gasteiger partial charge is 0.496 e. The van der Waals surface area contributed by atoms with Gasteiger partial charge in [0, 0.05) is 5.56 Å². The number of nitrogens with zero attached hydrogens (tertiary/aromatic N) is 2. The second-order valence-corrected chi connectivity index (χ2v) is 6.78. The van der Waals surface area contributed by atoms with Crippen molar-refractivity contribution in [2.75, 3.05) is 7.11 Å². The Morgan fingerprint density at radius 3 is 2.43 bits per heavy atom. The van der Waals surface area contributed by atoms with Crippen molar-refractivity contribution in [1.82, 2.24) is 14.9 Å². The van der Waals surface area contributed by atoms with Gasteiger partial charge in [-0.05, 0) is 24.3 Å². The molecule has 0 fully saturated rings. The van der Waals surface area contributed by atoms with Gasteiger partial charge >= 0.3 is 0 Å². The first-order valence-corrected chi connectivity index (χ1v) is 9.61. The molecule has 6 heteroatoms. The Kier molecular flexibility index (Phi) is 5.57. The fourth-order valence-electron chi connectivity index (χ4n) is 3.38. The van der Waals surface area contributed by atoms with E-state index in [1.807, 2.05) is 53.1 Å². The lowest BCUT2D eigenvalue weighted by Gasteiger charge is -2.11. The summed E-state index contributed by atoms with van der Waals surface area (Å²) in [5.41, 5.74) is 2.71. The summed E-state index contributed by atoms with van der Waals surface area (Å²) in [6, 6.07) is 23.8. The molecule has 0 radical (unpaired) electrons. The Morgan fingerprint density at radius 2 is 1.63 bits per heavy atom. The molecule has 0 saturated carbocycles. The van der Waals surface area contributed by atoms with E-state index < -0.39 is 0 Å². The molecule has 0 aliphatic heterocycles. The summed E-state index contributed by atoms with van der Waals surface area (Å²) in [5, 5.41) is 2.89. The molecule has 6 nitrogen and oxygen atoms in total. The van der Waals surface area contributed by atoms with Gasteiger partial charge in [0.2, 0.25) is 0 Å². The van der Waals surface area contributed by atoms with Crippen LogP contribution in [0.15, 0.2) is 78.9 Å². The molecular weight excluding hydrogens is 378 g/mol.